The first-order valence-electron chi connectivity index (χ1n) is 17.5. The Balaban J connectivity index is 0.00000432. The molecule has 0 N–H and O–H groups in total. The molecule has 0 bridgehead atoms. The summed E-state index contributed by atoms with van der Waals surface area (Å²) in [7, 11) is 0. The van der Waals surface area contributed by atoms with Crippen LogP contribution in [0.1, 0.15) is 86.5 Å². The minimum atomic E-state index is 0. The summed E-state index contributed by atoms with van der Waals surface area (Å²) in [4.78, 5) is 4.80. The van der Waals surface area contributed by atoms with Gasteiger partial charge in [-0.05, 0) is 90.6 Å². The predicted octanol–water partition coefficient (Wildman–Crippen LogP) is 11.5. The zero-order valence-corrected chi connectivity index (χ0v) is 31.7. The Morgan fingerprint density at radius 2 is 1.52 bits per heavy atom. The summed E-state index contributed by atoms with van der Waals surface area (Å²) in [5.41, 5.74) is 12.5. The third kappa shape index (κ3) is 6.44. The molecule has 0 aliphatic rings. The molecule has 0 atom stereocenters. The summed E-state index contributed by atoms with van der Waals surface area (Å²) in [5, 5.41) is 7.42. The third-order valence-electron chi connectivity index (χ3n) is 9.48. The number of benzene rings is 4. The Morgan fingerprint density at radius 1 is 0.760 bits per heavy atom. The molecule has 0 amide bonds. The quantitative estimate of drug-likeness (QED) is 0.109. The van der Waals surface area contributed by atoms with Gasteiger partial charge in [-0.1, -0.05) is 83.0 Å². The first-order chi connectivity index (χ1) is 23.6. The van der Waals surface area contributed by atoms with Crippen LogP contribution in [0, 0.1) is 32.9 Å². The Bertz CT molecular complexity index is 2310. The zero-order chi connectivity index (χ0) is 34.4. The largest absolute Gasteiger partial charge is 2.00 e. The molecule has 6 heteroatoms. The molecule has 256 valence electrons. The second kappa shape index (κ2) is 14.4. The number of aromatic nitrogens is 4. The van der Waals surface area contributed by atoms with E-state index in [9.17, 15) is 0 Å². The molecule has 0 saturated heterocycles. The molecule has 7 rings (SSSR count). The van der Waals surface area contributed by atoms with Gasteiger partial charge in [0.2, 0.25) is 0 Å². The van der Waals surface area contributed by atoms with Gasteiger partial charge in [0.15, 0.2) is 0 Å². The van der Waals surface area contributed by atoms with Crippen molar-refractivity contribution in [3.05, 3.63) is 131 Å². The minimum Gasteiger partial charge on any atom is -0.509 e. The van der Waals surface area contributed by atoms with Crippen molar-refractivity contribution in [1.29, 1.82) is 0 Å². The van der Waals surface area contributed by atoms with E-state index in [1.807, 2.05) is 12.3 Å². The van der Waals surface area contributed by atoms with Gasteiger partial charge in [-0.25, -0.2) is 4.98 Å². The smallest absolute Gasteiger partial charge is 0.509 e. The van der Waals surface area contributed by atoms with Gasteiger partial charge in [-0.2, -0.15) is 11.2 Å². The Hall–Kier alpha value is -4.50. The second-order valence-corrected chi connectivity index (χ2v) is 13.8. The summed E-state index contributed by atoms with van der Waals surface area (Å²) in [6, 6.07) is 34.9. The second-order valence-electron chi connectivity index (χ2n) is 13.8. The standard InChI is InChI=1S/C44H44N4O.Pd/c1-9-13-32-20-21-45-41(22-32)47-39-17-11-10-16-37(39)38-19-18-35(26-40(38)47)49-36-24-33(27(2)3)23-34(25-36)48-44(28(4)5)43(31(8)46-48)42-29(6)14-12-15-30(42)7;/h10-12,14-24,27-28H,9,13H2,1-8H3;/q-2;+2. The number of aryl methyl sites for hydroxylation is 4. The SMILES string of the molecule is CCCc1ccnc(-n2c3[c-]c(Oc4[c-]c(-n5nc(C)c(-c6c(C)cccc6C)c5C(C)C)cc(C(C)C)c4)ccc3c3ccccc32)c1.[Pd+2]. The molecule has 0 aliphatic carbocycles. The van der Waals surface area contributed by atoms with Gasteiger partial charge in [0.1, 0.15) is 5.82 Å². The van der Waals surface area contributed by atoms with Crippen molar-refractivity contribution >= 4 is 21.8 Å². The first kappa shape index (κ1) is 35.3. The molecule has 0 saturated carbocycles. The van der Waals surface area contributed by atoms with E-state index in [4.69, 9.17) is 14.8 Å². The molecule has 0 spiro atoms. The summed E-state index contributed by atoms with van der Waals surface area (Å²) >= 11 is 0. The Morgan fingerprint density at radius 3 is 2.24 bits per heavy atom. The molecule has 5 nitrogen and oxygen atoms in total. The fourth-order valence-corrected chi connectivity index (χ4v) is 7.15. The van der Waals surface area contributed by atoms with Gasteiger partial charge in [-0.3, -0.25) is 4.68 Å². The molecule has 0 aliphatic heterocycles. The van der Waals surface area contributed by atoms with Gasteiger partial charge in [0, 0.05) is 28.8 Å². The van der Waals surface area contributed by atoms with E-state index in [1.54, 1.807) is 0 Å². The molecule has 0 radical (unpaired) electrons. The number of pyridine rings is 1. The molecule has 0 unspecified atom stereocenters. The van der Waals surface area contributed by atoms with Crippen LogP contribution in [0.25, 0.3) is 44.4 Å². The fourth-order valence-electron chi connectivity index (χ4n) is 7.15. The maximum Gasteiger partial charge on any atom is 2.00 e. The van der Waals surface area contributed by atoms with E-state index < -0.39 is 0 Å². The van der Waals surface area contributed by atoms with Crippen LogP contribution in [-0.2, 0) is 26.8 Å². The van der Waals surface area contributed by atoms with E-state index in [0.717, 1.165) is 57.4 Å². The predicted molar refractivity (Wildman–Crippen MR) is 202 cm³/mol. The Kier molecular flexibility index (Phi) is 10.2. The van der Waals surface area contributed by atoms with Gasteiger partial charge in [0.25, 0.3) is 0 Å². The first-order valence-corrected chi connectivity index (χ1v) is 17.5. The van der Waals surface area contributed by atoms with E-state index in [2.05, 4.69) is 150 Å². The summed E-state index contributed by atoms with van der Waals surface area (Å²) < 4.78 is 10.9. The molecular formula is C44H44N4OPd. The van der Waals surface area contributed by atoms with Crippen LogP contribution in [-0.4, -0.2) is 19.3 Å². The van der Waals surface area contributed by atoms with Crippen LogP contribution in [0.4, 0.5) is 0 Å². The van der Waals surface area contributed by atoms with Crippen LogP contribution in [0.2, 0.25) is 0 Å². The van der Waals surface area contributed by atoms with Crippen molar-refractivity contribution in [2.45, 2.75) is 80.1 Å². The van der Waals surface area contributed by atoms with E-state index in [-0.39, 0.29) is 32.3 Å². The maximum absolute atomic E-state index is 6.66. The van der Waals surface area contributed by atoms with Crippen molar-refractivity contribution in [2.75, 3.05) is 0 Å². The number of fused-ring (bicyclic) bond motifs is 3. The normalized spacial score (nSPS) is 11.6. The number of hydrogen-bond acceptors (Lipinski definition) is 3. The fraction of sp³-hybridized carbons (Fsp3) is 0.273. The van der Waals surface area contributed by atoms with Crippen LogP contribution >= 0.6 is 0 Å². The van der Waals surface area contributed by atoms with Crippen molar-refractivity contribution in [3.63, 3.8) is 0 Å². The average molecular weight is 751 g/mol. The molecule has 4 aromatic carbocycles. The van der Waals surface area contributed by atoms with Crippen LogP contribution < -0.4 is 4.74 Å². The van der Waals surface area contributed by atoms with Crippen molar-refractivity contribution in [1.82, 2.24) is 19.3 Å². The molecule has 7 aromatic rings. The maximum atomic E-state index is 6.66. The summed E-state index contributed by atoms with van der Waals surface area (Å²) in [5.74, 6) is 2.66. The number of ether oxygens (including phenoxy) is 1. The third-order valence-corrected chi connectivity index (χ3v) is 9.48. The summed E-state index contributed by atoms with van der Waals surface area (Å²) in [6.07, 6.45) is 4.00. The topological polar surface area (TPSA) is 44.9 Å². The van der Waals surface area contributed by atoms with Crippen molar-refractivity contribution in [2.24, 2.45) is 0 Å². The van der Waals surface area contributed by atoms with Crippen molar-refractivity contribution < 1.29 is 25.2 Å². The number of nitrogens with zero attached hydrogens (tertiary/aromatic N) is 4. The van der Waals surface area contributed by atoms with Gasteiger partial charge in [0.05, 0.1) is 11.4 Å². The number of rotatable bonds is 9. The van der Waals surface area contributed by atoms with Gasteiger partial charge < -0.3 is 9.30 Å². The van der Waals surface area contributed by atoms with Crippen molar-refractivity contribution in [3.8, 4) is 34.1 Å². The van der Waals surface area contributed by atoms with Crippen LogP contribution in [0.3, 0.4) is 0 Å². The van der Waals surface area contributed by atoms with Crippen LogP contribution in [0.5, 0.6) is 11.5 Å². The van der Waals surface area contributed by atoms with Gasteiger partial charge in [-0.15, -0.1) is 41.3 Å². The molecule has 3 aromatic heterocycles. The average Bonchev–Trinajstić information content (AvgIpc) is 3.59. The van der Waals surface area contributed by atoms with E-state index >= 15 is 0 Å². The zero-order valence-electron chi connectivity index (χ0n) is 30.2. The Labute approximate surface area is 310 Å². The number of hydrogen-bond donors (Lipinski definition) is 0. The van der Waals surface area contributed by atoms with E-state index in [0.29, 0.717) is 11.5 Å². The molecular weight excluding hydrogens is 707 g/mol. The number of para-hydroxylation sites is 1. The van der Waals surface area contributed by atoms with Crippen LogP contribution in [0.15, 0.2) is 85.1 Å². The molecule has 3 heterocycles. The molecule has 50 heavy (non-hydrogen) atoms. The molecule has 0 fully saturated rings. The summed E-state index contributed by atoms with van der Waals surface area (Å²) in [6.45, 7) is 17.6. The van der Waals surface area contributed by atoms with E-state index in [1.165, 1.54) is 33.5 Å². The minimum absolute atomic E-state index is 0. The monoisotopic (exact) mass is 750 g/mol. The van der Waals surface area contributed by atoms with Gasteiger partial charge >= 0.3 is 20.4 Å².